The normalized spacial score (nSPS) is 24.8. The molecule has 1 aliphatic rings. The van der Waals surface area contributed by atoms with Crippen LogP contribution in [0, 0.1) is 11.8 Å². The number of hydrogen-bond acceptors (Lipinski definition) is 3. The molecule has 1 saturated heterocycles. The van der Waals surface area contributed by atoms with Gasteiger partial charge in [-0.1, -0.05) is 44.2 Å². The SMILES string of the molecule is CC(C)C(C(=O)O)N1C[C@H](c2ccccc2)[C@@H](C=O)C1. The second kappa shape index (κ2) is 6.18. The van der Waals surface area contributed by atoms with E-state index in [-0.39, 0.29) is 17.8 Å². The zero-order valence-electron chi connectivity index (χ0n) is 11.9. The number of carboxylic acids is 1. The Labute approximate surface area is 119 Å². The smallest absolute Gasteiger partial charge is 0.321 e. The number of aliphatic carboxylic acids is 1. The van der Waals surface area contributed by atoms with Crippen LogP contribution in [0.3, 0.4) is 0 Å². The molecule has 0 aliphatic carbocycles. The molecule has 0 radical (unpaired) electrons. The van der Waals surface area contributed by atoms with Gasteiger partial charge in [0.2, 0.25) is 0 Å². The van der Waals surface area contributed by atoms with Gasteiger partial charge in [0, 0.05) is 24.9 Å². The van der Waals surface area contributed by atoms with Gasteiger partial charge in [-0.3, -0.25) is 9.69 Å². The van der Waals surface area contributed by atoms with Crippen molar-refractivity contribution < 1.29 is 14.7 Å². The number of likely N-dealkylation sites (tertiary alicyclic amines) is 1. The minimum absolute atomic E-state index is 0.0225. The summed E-state index contributed by atoms with van der Waals surface area (Å²) in [6.45, 7) is 4.97. The first kappa shape index (κ1) is 14.7. The van der Waals surface area contributed by atoms with Crippen molar-refractivity contribution in [3.05, 3.63) is 35.9 Å². The molecule has 1 unspecified atom stereocenters. The van der Waals surface area contributed by atoms with Crippen LogP contribution in [0.15, 0.2) is 30.3 Å². The van der Waals surface area contributed by atoms with Crippen molar-refractivity contribution >= 4 is 12.3 Å². The molecule has 4 heteroatoms. The molecule has 0 saturated carbocycles. The third-order valence-electron chi connectivity index (χ3n) is 4.07. The molecule has 0 bridgehead atoms. The fourth-order valence-corrected chi connectivity index (χ4v) is 3.14. The summed E-state index contributed by atoms with van der Waals surface area (Å²) in [7, 11) is 0. The largest absolute Gasteiger partial charge is 0.480 e. The summed E-state index contributed by atoms with van der Waals surface area (Å²) in [6, 6.07) is 9.35. The molecule has 1 heterocycles. The number of benzene rings is 1. The van der Waals surface area contributed by atoms with Gasteiger partial charge < -0.3 is 9.90 Å². The van der Waals surface area contributed by atoms with Gasteiger partial charge in [-0.05, 0) is 11.5 Å². The highest BCUT2D eigenvalue weighted by Gasteiger charge is 2.40. The monoisotopic (exact) mass is 275 g/mol. The first-order valence-corrected chi connectivity index (χ1v) is 7.01. The van der Waals surface area contributed by atoms with Crippen molar-refractivity contribution in [3.63, 3.8) is 0 Å². The molecule has 1 aromatic carbocycles. The van der Waals surface area contributed by atoms with E-state index in [9.17, 15) is 14.7 Å². The van der Waals surface area contributed by atoms with Gasteiger partial charge in [0.05, 0.1) is 0 Å². The molecular weight excluding hydrogens is 254 g/mol. The Morgan fingerprint density at radius 1 is 1.30 bits per heavy atom. The molecule has 108 valence electrons. The maximum absolute atomic E-state index is 11.4. The summed E-state index contributed by atoms with van der Waals surface area (Å²) >= 11 is 0. The topological polar surface area (TPSA) is 57.6 Å². The number of carboxylic acid groups (broad SMARTS) is 1. The van der Waals surface area contributed by atoms with E-state index in [1.54, 1.807) is 0 Å². The lowest BCUT2D eigenvalue weighted by Gasteiger charge is -2.27. The Balaban J connectivity index is 2.21. The Morgan fingerprint density at radius 3 is 2.45 bits per heavy atom. The average Bonchev–Trinajstić information content (AvgIpc) is 2.82. The Bertz CT molecular complexity index is 472. The van der Waals surface area contributed by atoms with Crippen LogP contribution < -0.4 is 0 Å². The van der Waals surface area contributed by atoms with E-state index in [0.717, 1.165) is 11.8 Å². The van der Waals surface area contributed by atoms with Crippen LogP contribution in [0.5, 0.6) is 0 Å². The lowest BCUT2D eigenvalue weighted by Crippen LogP contribution is -2.43. The van der Waals surface area contributed by atoms with Crippen LogP contribution in [0.25, 0.3) is 0 Å². The zero-order chi connectivity index (χ0) is 14.7. The average molecular weight is 275 g/mol. The molecule has 20 heavy (non-hydrogen) atoms. The van der Waals surface area contributed by atoms with Crippen molar-refractivity contribution in [1.82, 2.24) is 4.90 Å². The van der Waals surface area contributed by atoms with E-state index in [4.69, 9.17) is 0 Å². The minimum atomic E-state index is -0.807. The summed E-state index contributed by atoms with van der Waals surface area (Å²) in [5.41, 5.74) is 1.11. The maximum Gasteiger partial charge on any atom is 0.321 e. The highest BCUT2D eigenvalue weighted by Crippen LogP contribution is 2.33. The van der Waals surface area contributed by atoms with Gasteiger partial charge >= 0.3 is 5.97 Å². The standard InChI is InChI=1S/C16H21NO3/c1-11(2)15(16(19)20)17-8-13(10-18)14(9-17)12-6-4-3-5-7-12/h3-7,10-11,13-15H,8-9H2,1-2H3,(H,19,20)/t13-,14-,15?/m1/s1. The van der Waals surface area contributed by atoms with Crippen LogP contribution in [-0.4, -0.2) is 41.4 Å². The third-order valence-corrected chi connectivity index (χ3v) is 4.07. The third kappa shape index (κ3) is 2.90. The summed E-state index contributed by atoms with van der Waals surface area (Å²) in [5, 5.41) is 9.39. The first-order valence-electron chi connectivity index (χ1n) is 7.01. The summed E-state index contributed by atoms with van der Waals surface area (Å²) < 4.78 is 0. The molecule has 2 rings (SSSR count). The van der Waals surface area contributed by atoms with Crippen LogP contribution in [0.4, 0.5) is 0 Å². The quantitative estimate of drug-likeness (QED) is 0.835. The van der Waals surface area contributed by atoms with Crippen molar-refractivity contribution in [1.29, 1.82) is 0 Å². The molecule has 1 aromatic rings. The molecule has 3 atom stereocenters. The van der Waals surface area contributed by atoms with Crippen LogP contribution in [0.2, 0.25) is 0 Å². The van der Waals surface area contributed by atoms with Gasteiger partial charge in [-0.25, -0.2) is 0 Å². The second-order valence-corrected chi connectivity index (χ2v) is 5.80. The number of nitrogens with zero attached hydrogens (tertiary/aromatic N) is 1. The number of carbonyl (C=O) groups is 2. The number of carbonyl (C=O) groups excluding carboxylic acids is 1. The van der Waals surface area contributed by atoms with Gasteiger partial charge in [-0.2, -0.15) is 0 Å². The van der Waals surface area contributed by atoms with E-state index < -0.39 is 12.0 Å². The van der Waals surface area contributed by atoms with Crippen LogP contribution in [0.1, 0.15) is 25.3 Å². The van der Waals surface area contributed by atoms with Crippen LogP contribution >= 0.6 is 0 Å². The van der Waals surface area contributed by atoms with E-state index in [0.29, 0.717) is 13.1 Å². The second-order valence-electron chi connectivity index (χ2n) is 5.80. The Hall–Kier alpha value is -1.68. The van der Waals surface area contributed by atoms with Crippen LogP contribution in [-0.2, 0) is 9.59 Å². The molecular formula is C16H21NO3. The minimum Gasteiger partial charge on any atom is -0.480 e. The van der Waals surface area contributed by atoms with Gasteiger partial charge in [0.15, 0.2) is 0 Å². The molecule has 1 aliphatic heterocycles. The maximum atomic E-state index is 11.4. The van der Waals surface area contributed by atoms with Gasteiger partial charge in [0.1, 0.15) is 12.3 Å². The zero-order valence-corrected chi connectivity index (χ0v) is 11.9. The van der Waals surface area contributed by atoms with E-state index in [1.807, 2.05) is 49.1 Å². The fraction of sp³-hybridized carbons (Fsp3) is 0.500. The van der Waals surface area contributed by atoms with Crippen molar-refractivity contribution in [2.45, 2.75) is 25.8 Å². The van der Waals surface area contributed by atoms with Crippen molar-refractivity contribution in [2.75, 3.05) is 13.1 Å². The summed E-state index contributed by atoms with van der Waals surface area (Å²) in [6.07, 6.45) is 0.969. The lowest BCUT2D eigenvalue weighted by molar-refractivity contribution is -0.144. The molecule has 0 aromatic heterocycles. The summed E-state index contributed by atoms with van der Waals surface area (Å²) in [4.78, 5) is 24.7. The molecule has 0 amide bonds. The van der Waals surface area contributed by atoms with Crippen molar-refractivity contribution in [3.8, 4) is 0 Å². The fourth-order valence-electron chi connectivity index (χ4n) is 3.14. The van der Waals surface area contributed by atoms with Crippen molar-refractivity contribution in [2.24, 2.45) is 11.8 Å². The predicted octanol–water partition coefficient (Wildman–Crippen LogP) is 2.01. The molecule has 4 nitrogen and oxygen atoms in total. The first-order chi connectivity index (χ1) is 9.54. The summed E-state index contributed by atoms with van der Waals surface area (Å²) in [5.74, 6) is -0.819. The lowest BCUT2D eigenvalue weighted by atomic mass is 9.90. The van der Waals surface area contributed by atoms with E-state index in [2.05, 4.69) is 0 Å². The van der Waals surface area contributed by atoms with E-state index in [1.165, 1.54) is 0 Å². The van der Waals surface area contributed by atoms with Gasteiger partial charge in [-0.15, -0.1) is 0 Å². The number of hydrogen-bond donors (Lipinski definition) is 1. The molecule has 1 N–H and O–H groups in total. The Morgan fingerprint density at radius 2 is 1.95 bits per heavy atom. The Kier molecular flexibility index (Phi) is 4.55. The van der Waals surface area contributed by atoms with E-state index >= 15 is 0 Å². The highest BCUT2D eigenvalue weighted by atomic mass is 16.4. The predicted molar refractivity (Wildman–Crippen MR) is 76.6 cm³/mol. The number of rotatable bonds is 5. The highest BCUT2D eigenvalue weighted by molar-refractivity contribution is 5.74. The van der Waals surface area contributed by atoms with Gasteiger partial charge in [0.25, 0.3) is 0 Å². The molecule has 0 spiro atoms. The number of aldehydes is 1. The molecule has 1 fully saturated rings.